The molecule has 0 unspecified atom stereocenters. The zero-order chi connectivity index (χ0) is 95.2. The van der Waals surface area contributed by atoms with Gasteiger partial charge in [-0.1, -0.05) is 328 Å². The maximum absolute atomic E-state index is 6.73. The molecule has 9 aromatic heterocycles. The van der Waals surface area contributed by atoms with E-state index in [4.69, 9.17) is 56.4 Å². The second-order valence-corrected chi connectivity index (χ2v) is 38.6. The Kier molecular flexibility index (Phi) is 18.5. The third-order valence-corrected chi connectivity index (χ3v) is 30.3. The largest absolute Gasteiger partial charge is 0.456 e. The molecule has 1 saturated carbocycles. The molecule has 145 heavy (non-hydrogen) atoms. The fraction of sp³-hybridized carbons (Fsp3) is 0.0526. The van der Waals surface area contributed by atoms with E-state index in [2.05, 4.69) is 365 Å². The molecule has 680 valence electrons. The van der Waals surface area contributed by atoms with Gasteiger partial charge in [0.2, 0.25) is 0 Å². The van der Waals surface area contributed by atoms with E-state index >= 15 is 0 Å². The second-order valence-electron chi connectivity index (χ2n) is 38.6. The number of furan rings is 6. The Balaban J connectivity index is 0.000000101. The highest BCUT2D eigenvalue weighted by Crippen LogP contribution is 2.53. The van der Waals surface area contributed by atoms with Gasteiger partial charge in [0.15, 0.2) is 0 Å². The van der Waals surface area contributed by atoms with E-state index in [-0.39, 0.29) is 0 Å². The highest BCUT2D eigenvalue weighted by atomic mass is 16.4. The smallest absolute Gasteiger partial charge is 0.144 e. The summed E-state index contributed by atoms with van der Waals surface area (Å²) in [6.45, 7) is 2.11. The molecule has 0 radical (unpaired) electrons. The quantitative estimate of drug-likeness (QED) is 0.133. The van der Waals surface area contributed by atoms with Gasteiger partial charge in [0.05, 0.1) is 68.8 Å². The molecule has 32 rings (SSSR count). The Morgan fingerprint density at radius 3 is 0.869 bits per heavy atom. The third-order valence-electron chi connectivity index (χ3n) is 30.3. The van der Waals surface area contributed by atoms with E-state index in [1.54, 1.807) is 0 Å². The molecule has 0 bridgehead atoms. The fourth-order valence-electron chi connectivity index (χ4n) is 23.6. The van der Waals surface area contributed by atoms with Crippen molar-refractivity contribution < 1.29 is 26.5 Å². The number of hydrogen-bond donors (Lipinski definition) is 0. The molecule has 9 heterocycles. The second kappa shape index (κ2) is 32.7. The van der Waals surface area contributed by atoms with Crippen LogP contribution in [0.1, 0.15) is 49.1 Å². The van der Waals surface area contributed by atoms with Crippen LogP contribution in [0.5, 0.6) is 0 Å². The molecule has 1 aliphatic carbocycles. The summed E-state index contributed by atoms with van der Waals surface area (Å²) in [5, 5.41) is 26.6. The molecule has 0 amide bonds. The number of nitrogens with zero attached hydrogens (tertiary/aromatic N) is 6. The number of aromatic nitrogens is 6. The van der Waals surface area contributed by atoms with Crippen molar-refractivity contribution >= 4 is 229 Å². The van der Waals surface area contributed by atoms with Gasteiger partial charge in [-0.05, 0) is 182 Å². The average Bonchev–Trinajstić information content (AvgIpc) is 1.40. The summed E-state index contributed by atoms with van der Waals surface area (Å²) in [6.07, 6.45) is 12.2. The molecule has 12 nitrogen and oxygen atoms in total. The van der Waals surface area contributed by atoms with E-state index < -0.39 is 0 Å². The van der Waals surface area contributed by atoms with Gasteiger partial charge in [-0.3, -0.25) is 15.0 Å². The predicted octanol–water partition coefficient (Wildman–Crippen LogP) is 37.2. The summed E-state index contributed by atoms with van der Waals surface area (Å²) in [5.41, 5.74) is 32.3. The van der Waals surface area contributed by atoms with Crippen molar-refractivity contribution in [1.29, 1.82) is 0 Å². The van der Waals surface area contributed by atoms with Crippen LogP contribution in [0.4, 0.5) is 0 Å². The number of hydrogen-bond acceptors (Lipinski definition) is 12. The fourth-order valence-corrected chi connectivity index (χ4v) is 23.6. The summed E-state index contributed by atoms with van der Waals surface area (Å²) in [7, 11) is 0. The number of benzene rings is 22. The highest BCUT2D eigenvalue weighted by Gasteiger charge is 2.29. The van der Waals surface area contributed by atoms with Gasteiger partial charge in [0.25, 0.3) is 0 Å². The predicted molar refractivity (Wildman–Crippen MR) is 596 cm³/mol. The first-order chi connectivity index (χ1) is 71.8. The topological polar surface area (TPSA) is 156 Å². The van der Waals surface area contributed by atoms with Crippen LogP contribution in [0.15, 0.2) is 439 Å². The number of rotatable bonds is 8. The SMILES string of the molecule is Cc1ccc2oc3cc4c(oc5ccccc54)c(-c4cccc(-c5cnc6c7ccccc7c7ccccc7c6n5)c4)c3c2c1.c1cc(-c2cnc3c4ccccc4c4ccccc4c3n2)cc(-c2c3oc4ccccc4c3cc3oc4ccc(C5CCCCC5)cc4c23)c1.c1ccc(-c2ccc3oc4cc5c(oc6ccccc65)c(-c5cccc(-c6cnc7c8ccccc8c8ccccc8c7n6)c5)c4c3c2)cc1. The van der Waals surface area contributed by atoms with Crippen LogP contribution in [0.3, 0.4) is 0 Å². The maximum atomic E-state index is 6.73. The molecule has 31 aromatic rings. The summed E-state index contributed by atoms with van der Waals surface area (Å²) in [6, 6.07) is 138. The van der Waals surface area contributed by atoms with Crippen LogP contribution < -0.4 is 0 Å². The van der Waals surface area contributed by atoms with Gasteiger partial charge >= 0.3 is 0 Å². The van der Waals surface area contributed by atoms with Crippen molar-refractivity contribution in [2.45, 2.75) is 44.9 Å². The van der Waals surface area contributed by atoms with Crippen molar-refractivity contribution in [3.05, 3.63) is 424 Å². The first kappa shape index (κ1) is 82.1. The van der Waals surface area contributed by atoms with Gasteiger partial charge in [0, 0.05) is 130 Å². The molecule has 1 aliphatic rings. The lowest BCUT2D eigenvalue weighted by Crippen LogP contribution is -2.04. The zero-order valence-corrected chi connectivity index (χ0v) is 78.5. The summed E-state index contributed by atoms with van der Waals surface area (Å²) in [5.74, 6) is 0.597. The minimum absolute atomic E-state index is 0.597. The van der Waals surface area contributed by atoms with Gasteiger partial charge in [-0.15, -0.1) is 0 Å². The van der Waals surface area contributed by atoms with Crippen molar-refractivity contribution in [3.8, 4) is 78.3 Å². The van der Waals surface area contributed by atoms with Crippen LogP contribution in [-0.2, 0) is 0 Å². The molecule has 0 N–H and O–H groups in total. The van der Waals surface area contributed by atoms with Gasteiger partial charge in [0.1, 0.15) is 67.0 Å². The van der Waals surface area contributed by atoms with Crippen molar-refractivity contribution in [2.24, 2.45) is 0 Å². The van der Waals surface area contributed by atoms with Gasteiger partial charge in [-0.2, -0.15) is 0 Å². The van der Waals surface area contributed by atoms with Crippen LogP contribution in [0, 0.1) is 6.92 Å². The van der Waals surface area contributed by atoms with Crippen LogP contribution in [0.25, 0.3) is 308 Å². The molecule has 0 atom stereocenters. The van der Waals surface area contributed by atoms with Gasteiger partial charge < -0.3 is 26.5 Å². The standard InChI is InChI=1S/C46H32N2O2.C46H26N2O2.C41H24N2O2/c2*1-2-11-27(12-3-1)28-21-22-40-37(24-28)43-41(49-40)25-36-33-17-8-9-20-39(33)50-46(36)42(43)30-14-10-13-29(23-30)38-26-47-44-34-18-6-4-15-31(34)32-16-5-7-19-35(32)45(44)48-38;1-23-17-18-35-32(19-23)38-36(44-35)21-31-28-13-6-7-16-34(28)45-41(31)37(38)25-10-8-9-24(20-25)33-22-42-39-29-14-4-2-11-26(29)27-12-3-5-15-30(27)40(39)43-33/h4-10,13-27H,1-3,11-12H2;1-26H;2-22H,1H3. The van der Waals surface area contributed by atoms with E-state index in [0.29, 0.717) is 5.92 Å². The van der Waals surface area contributed by atoms with E-state index in [1.807, 2.05) is 55.0 Å². The van der Waals surface area contributed by atoms with Crippen LogP contribution in [0.2, 0.25) is 0 Å². The first-order valence-corrected chi connectivity index (χ1v) is 49.7. The Hall–Kier alpha value is -18.8. The lowest BCUT2D eigenvalue weighted by atomic mass is 9.83. The molecule has 0 aliphatic heterocycles. The van der Waals surface area contributed by atoms with Crippen LogP contribution in [-0.4, -0.2) is 29.9 Å². The number of aryl methyl sites for hydroxylation is 1. The minimum Gasteiger partial charge on any atom is -0.456 e. The summed E-state index contributed by atoms with van der Waals surface area (Å²) < 4.78 is 39.8. The third kappa shape index (κ3) is 13.2. The average molecular weight is 1860 g/mol. The Bertz CT molecular complexity index is 10800. The Morgan fingerprint density at radius 2 is 0.490 bits per heavy atom. The number of para-hydroxylation sites is 3. The molecule has 1 fully saturated rings. The molecule has 0 spiro atoms. The minimum atomic E-state index is 0.597. The van der Waals surface area contributed by atoms with Crippen molar-refractivity contribution in [3.63, 3.8) is 0 Å². The van der Waals surface area contributed by atoms with Crippen molar-refractivity contribution in [1.82, 2.24) is 29.9 Å². The normalized spacial score (nSPS) is 12.8. The Labute approximate surface area is 827 Å². The lowest BCUT2D eigenvalue weighted by molar-refractivity contribution is 0.444. The summed E-state index contributed by atoms with van der Waals surface area (Å²) >= 11 is 0. The first-order valence-electron chi connectivity index (χ1n) is 49.7. The lowest BCUT2D eigenvalue weighted by Gasteiger charge is -2.21. The van der Waals surface area contributed by atoms with Crippen molar-refractivity contribution in [2.75, 3.05) is 0 Å². The monoisotopic (exact) mass is 1860 g/mol. The molecule has 22 aromatic carbocycles. The molecular formula is C133H82N6O6. The molecule has 0 saturated heterocycles. The zero-order valence-electron chi connectivity index (χ0n) is 78.5. The Morgan fingerprint density at radius 1 is 0.193 bits per heavy atom. The maximum Gasteiger partial charge on any atom is 0.144 e. The molecular weight excluding hydrogens is 1780 g/mol. The van der Waals surface area contributed by atoms with E-state index in [9.17, 15) is 0 Å². The van der Waals surface area contributed by atoms with Gasteiger partial charge in [-0.25, -0.2) is 15.0 Å². The van der Waals surface area contributed by atoms with Crippen LogP contribution >= 0.6 is 0 Å². The highest BCUT2D eigenvalue weighted by molar-refractivity contribution is 6.30. The van der Waals surface area contributed by atoms with E-state index in [1.165, 1.54) is 75.5 Å². The number of fused-ring (bicyclic) bond motifs is 36. The van der Waals surface area contributed by atoms with E-state index in [0.717, 1.165) is 275 Å². The summed E-state index contributed by atoms with van der Waals surface area (Å²) in [4.78, 5) is 31.0. The molecule has 12 heteroatoms.